The minimum absolute atomic E-state index is 0.155. The van der Waals surface area contributed by atoms with E-state index in [4.69, 9.17) is 9.47 Å². The van der Waals surface area contributed by atoms with E-state index in [0.29, 0.717) is 12.6 Å². The molecule has 0 unspecified atom stereocenters. The molecule has 0 N–H and O–H groups in total. The zero-order valence-electron chi connectivity index (χ0n) is 16.2. The minimum atomic E-state index is -0.299. The van der Waals surface area contributed by atoms with Crippen molar-refractivity contribution in [2.45, 2.75) is 31.3 Å². The van der Waals surface area contributed by atoms with Crippen molar-refractivity contribution in [3.05, 3.63) is 95.6 Å². The fourth-order valence-electron chi connectivity index (χ4n) is 3.94. The SMILES string of the molecule is O=C(C(c1ccccc1)c1ccccc1)N(Cc1ccc2c(c1)OCO2)C1CC1. The molecule has 1 heterocycles. The van der Waals surface area contributed by atoms with Gasteiger partial charge in [0, 0.05) is 12.6 Å². The maximum absolute atomic E-state index is 13.8. The fourth-order valence-corrected chi connectivity index (χ4v) is 3.94. The van der Waals surface area contributed by atoms with Gasteiger partial charge >= 0.3 is 0 Å². The minimum Gasteiger partial charge on any atom is -0.454 e. The summed E-state index contributed by atoms with van der Waals surface area (Å²) in [5, 5.41) is 0. The second-order valence-corrected chi connectivity index (χ2v) is 7.64. The number of hydrogen-bond donors (Lipinski definition) is 0. The van der Waals surface area contributed by atoms with Gasteiger partial charge in [0.1, 0.15) is 0 Å². The van der Waals surface area contributed by atoms with E-state index in [1.807, 2.05) is 83.8 Å². The zero-order chi connectivity index (χ0) is 19.6. The van der Waals surface area contributed by atoms with Crippen LogP contribution in [0.5, 0.6) is 11.5 Å². The smallest absolute Gasteiger partial charge is 0.235 e. The van der Waals surface area contributed by atoms with Gasteiger partial charge in [-0.25, -0.2) is 0 Å². The predicted molar refractivity (Wildman–Crippen MR) is 111 cm³/mol. The Morgan fingerprint density at radius 3 is 2.10 bits per heavy atom. The molecule has 1 amide bonds. The molecule has 4 heteroatoms. The standard InChI is InChI=1S/C25H23NO3/c27-25(24(19-7-3-1-4-8-19)20-9-5-2-6-10-20)26(21-12-13-21)16-18-11-14-22-23(15-18)29-17-28-22/h1-11,14-15,21,24H,12-13,16-17H2. The van der Waals surface area contributed by atoms with E-state index in [0.717, 1.165) is 41.0 Å². The van der Waals surface area contributed by atoms with Crippen LogP contribution in [-0.2, 0) is 11.3 Å². The summed E-state index contributed by atoms with van der Waals surface area (Å²) in [7, 11) is 0. The van der Waals surface area contributed by atoms with Gasteiger partial charge < -0.3 is 14.4 Å². The van der Waals surface area contributed by atoms with Crippen molar-refractivity contribution < 1.29 is 14.3 Å². The second kappa shape index (κ2) is 7.63. The van der Waals surface area contributed by atoms with Gasteiger partial charge in [-0.15, -0.1) is 0 Å². The molecule has 29 heavy (non-hydrogen) atoms. The Morgan fingerprint density at radius 1 is 0.862 bits per heavy atom. The van der Waals surface area contributed by atoms with Gasteiger partial charge in [0.25, 0.3) is 0 Å². The molecule has 4 nitrogen and oxygen atoms in total. The van der Waals surface area contributed by atoms with Gasteiger partial charge in [0.15, 0.2) is 11.5 Å². The summed E-state index contributed by atoms with van der Waals surface area (Å²) in [6.45, 7) is 0.838. The highest BCUT2D eigenvalue weighted by atomic mass is 16.7. The van der Waals surface area contributed by atoms with E-state index in [2.05, 4.69) is 0 Å². The third-order valence-corrected chi connectivity index (χ3v) is 5.57. The summed E-state index contributed by atoms with van der Waals surface area (Å²) >= 11 is 0. The number of carbonyl (C=O) groups is 1. The Bertz CT molecular complexity index is 960. The van der Waals surface area contributed by atoms with Crippen LogP contribution in [0.15, 0.2) is 78.9 Å². The first kappa shape index (κ1) is 17.8. The lowest BCUT2D eigenvalue weighted by Crippen LogP contribution is -2.37. The maximum Gasteiger partial charge on any atom is 0.235 e. The predicted octanol–water partition coefficient (Wildman–Crippen LogP) is 4.74. The average molecular weight is 385 g/mol. The van der Waals surface area contributed by atoms with Gasteiger partial charge in [-0.3, -0.25) is 4.79 Å². The number of rotatable bonds is 6. The molecule has 0 radical (unpaired) electrons. The first-order valence-electron chi connectivity index (χ1n) is 10.1. The van der Waals surface area contributed by atoms with Crippen LogP contribution < -0.4 is 9.47 Å². The van der Waals surface area contributed by atoms with Crippen molar-refractivity contribution in [3.8, 4) is 11.5 Å². The molecule has 1 aliphatic heterocycles. The van der Waals surface area contributed by atoms with E-state index >= 15 is 0 Å². The summed E-state index contributed by atoms with van der Waals surface area (Å²) in [4.78, 5) is 15.9. The summed E-state index contributed by atoms with van der Waals surface area (Å²) in [5.74, 6) is 1.38. The molecule has 1 fully saturated rings. The summed E-state index contributed by atoms with van der Waals surface area (Å²) in [5.41, 5.74) is 3.12. The molecule has 1 aliphatic carbocycles. The molecule has 0 bridgehead atoms. The average Bonchev–Trinajstić information content (AvgIpc) is 3.50. The largest absolute Gasteiger partial charge is 0.454 e. The molecular formula is C25H23NO3. The van der Waals surface area contributed by atoms with Crippen molar-refractivity contribution in [2.24, 2.45) is 0 Å². The van der Waals surface area contributed by atoms with Crippen LogP contribution in [-0.4, -0.2) is 23.6 Å². The Hall–Kier alpha value is -3.27. The molecular weight excluding hydrogens is 362 g/mol. The monoisotopic (exact) mass is 385 g/mol. The van der Waals surface area contributed by atoms with Crippen molar-refractivity contribution >= 4 is 5.91 Å². The number of benzene rings is 3. The van der Waals surface area contributed by atoms with Crippen molar-refractivity contribution in [1.82, 2.24) is 4.90 Å². The summed E-state index contributed by atoms with van der Waals surface area (Å²) in [6, 6.07) is 26.4. The lowest BCUT2D eigenvalue weighted by Gasteiger charge is -2.28. The summed E-state index contributed by atoms with van der Waals surface area (Å²) in [6.07, 6.45) is 2.12. The topological polar surface area (TPSA) is 38.8 Å². The van der Waals surface area contributed by atoms with Gasteiger partial charge in [0.05, 0.1) is 5.92 Å². The van der Waals surface area contributed by atoms with Crippen LogP contribution in [0.4, 0.5) is 0 Å². The third kappa shape index (κ3) is 3.70. The molecule has 0 atom stereocenters. The molecule has 3 aromatic rings. The number of carbonyl (C=O) groups excluding carboxylic acids is 1. The van der Waals surface area contributed by atoms with Gasteiger partial charge in [0.2, 0.25) is 12.7 Å². The first-order chi connectivity index (χ1) is 14.3. The maximum atomic E-state index is 13.8. The molecule has 0 saturated heterocycles. The fraction of sp³-hybridized carbons (Fsp3) is 0.240. The number of hydrogen-bond acceptors (Lipinski definition) is 3. The van der Waals surface area contributed by atoms with Crippen LogP contribution in [0.25, 0.3) is 0 Å². The van der Waals surface area contributed by atoms with Crippen molar-refractivity contribution in [1.29, 1.82) is 0 Å². The molecule has 0 aromatic heterocycles. The zero-order valence-corrected chi connectivity index (χ0v) is 16.2. The van der Waals surface area contributed by atoms with E-state index in [-0.39, 0.29) is 18.6 Å². The van der Waals surface area contributed by atoms with Crippen LogP contribution >= 0.6 is 0 Å². The number of ether oxygens (including phenoxy) is 2. The first-order valence-corrected chi connectivity index (χ1v) is 10.1. The third-order valence-electron chi connectivity index (χ3n) is 5.57. The highest BCUT2D eigenvalue weighted by Gasteiger charge is 2.37. The lowest BCUT2D eigenvalue weighted by molar-refractivity contribution is -0.133. The van der Waals surface area contributed by atoms with Crippen LogP contribution in [0, 0.1) is 0 Å². The Balaban J connectivity index is 1.47. The molecule has 146 valence electrons. The Kier molecular flexibility index (Phi) is 4.68. The van der Waals surface area contributed by atoms with Crippen LogP contribution in [0.2, 0.25) is 0 Å². The summed E-state index contributed by atoms with van der Waals surface area (Å²) < 4.78 is 10.9. The highest BCUT2D eigenvalue weighted by molar-refractivity contribution is 5.87. The lowest BCUT2D eigenvalue weighted by atomic mass is 9.89. The van der Waals surface area contributed by atoms with Gasteiger partial charge in [-0.2, -0.15) is 0 Å². The second-order valence-electron chi connectivity index (χ2n) is 7.64. The normalized spacial score (nSPS) is 14.8. The van der Waals surface area contributed by atoms with Crippen LogP contribution in [0.1, 0.15) is 35.4 Å². The van der Waals surface area contributed by atoms with E-state index in [9.17, 15) is 4.79 Å². The van der Waals surface area contributed by atoms with E-state index in [1.165, 1.54) is 0 Å². The quantitative estimate of drug-likeness (QED) is 0.615. The molecule has 5 rings (SSSR count). The van der Waals surface area contributed by atoms with Gasteiger partial charge in [-0.05, 0) is 41.7 Å². The Labute approximate surface area is 170 Å². The number of amides is 1. The van der Waals surface area contributed by atoms with Crippen LogP contribution in [0.3, 0.4) is 0 Å². The van der Waals surface area contributed by atoms with Crippen molar-refractivity contribution in [2.75, 3.05) is 6.79 Å². The Morgan fingerprint density at radius 2 is 1.48 bits per heavy atom. The number of nitrogens with zero attached hydrogens (tertiary/aromatic N) is 1. The van der Waals surface area contributed by atoms with E-state index in [1.54, 1.807) is 0 Å². The van der Waals surface area contributed by atoms with E-state index < -0.39 is 0 Å². The van der Waals surface area contributed by atoms with Crippen molar-refractivity contribution in [3.63, 3.8) is 0 Å². The molecule has 1 saturated carbocycles. The van der Waals surface area contributed by atoms with Gasteiger partial charge in [-0.1, -0.05) is 66.7 Å². The molecule has 3 aromatic carbocycles. The number of fused-ring (bicyclic) bond motifs is 1. The highest BCUT2D eigenvalue weighted by Crippen LogP contribution is 2.37. The molecule has 2 aliphatic rings. The molecule has 0 spiro atoms.